The fraction of sp³-hybridized carbons (Fsp3) is 0.0455. The van der Waals surface area contributed by atoms with Gasteiger partial charge in [0, 0.05) is 29.4 Å². The Morgan fingerprint density at radius 2 is 1.33 bits per heavy atom. The van der Waals surface area contributed by atoms with Crippen LogP contribution in [0.3, 0.4) is 0 Å². The maximum atomic E-state index is 13.5. The highest BCUT2D eigenvalue weighted by atomic mass is 16.1. The van der Waals surface area contributed by atoms with Crippen molar-refractivity contribution in [2.45, 2.75) is 13.1 Å². The van der Waals surface area contributed by atoms with Crippen molar-refractivity contribution in [1.82, 2.24) is 38.5 Å². The smallest absolute Gasteiger partial charge is 0.292 e. The summed E-state index contributed by atoms with van der Waals surface area (Å²) in [5.41, 5.74) is 10.8. The molecule has 0 spiro atoms. The molecule has 0 amide bonds. The van der Waals surface area contributed by atoms with Gasteiger partial charge < -0.3 is 0 Å². The average Bonchev–Trinajstić information content (AvgIpc) is 3.62. The third-order valence-electron chi connectivity index (χ3n) is 10.0. The van der Waals surface area contributed by atoms with Crippen LogP contribution >= 0.6 is 0 Å². The normalized spacial score (nSPS) is 11.6. The van der Waals surface area contributed by atoms with Crippen molar-refractivity contribution in [3.05, 3.63) is 191 Å². The van der Waals surface area contributed by atoms with Gasteiger partial charge in [-0.3, -0.25) is 33.7 Å². The van der Waals surface area contributed by atoms with Gasteiger partial charge in [0.2, 0.25) is 0 Å². The molecule has 3 aromatic carbocycles. The van der Waals surface area contributed by atoms with Gasteiger partial charge in [0.25, 0.3) is 16.8 Å². The third-order valence-corrected chi connectivity index (χ3v) is 10.0. The van der Waals surface area contributed by atoms with E-state index in [1.54, 1.807) is 46.2 Å². The van der Waals surface area contributed by atoms with E-state index >= 15 is 0 Å². The van der Waals surface area contributed by atoms with Crippen LogP contribution in [-0.2, 0) is 13.1 Å². The second-order valence-electron chi connectivity index (χ2n) is 13.4. The lowest BCUT2D eigenvalue weighted by molar-refractivity contribution is -0.565. The van der Waals surface area contributed by atoms with Gasteiger partial charge in [-0.05, 0) is 64.7 Å². The lowest BCUT2D eigenvalue weighted by atomic mass is 10.0. The van der Waals surface area contributed by atoms with E-state index in [-0.39, 0.29) is 11.1 Å². The summed E-state index contributed by atoms with van der Waals surface area (Å²) in [6, 6.07) is 34.4. The standard InChI is InChI=1S/C44H30N9O2/c54-42-24-48-36-14-16-45-21-37(36)52(42)26-30-7-4-9-34(19-30)40-28-51(41-11-1-2-17-50(40)41)38-22-46-23-39-44(38)49-25-43(55)53(39)27-29-6-3-8-31(18-29)32-12-13-35-33(20-32)10-5-15-47-35/h1-25,28H,26-27H2/q+1. The van der Waals surface area contributed by atoms with Gasteiger partial charge in [-0.25, -0.2) is 9.97 Å². The number of imidazole rings is 1. The molecule has 0 bridgehead atoms. The summed E-state index contributed by atoms with van der Waals surface area (Å²) in [6.07, 6.45) is 15.4. The van der Waals surface area contributed by atoms with E-state index in [4.69, 9.17) is 0 Å². The second-order valence-corrected chi connectivity index (χ2v) is 13.4. The number of rotatable bonds is 7. The van der Waals surface area contributed by atoms with E-state index in [2.05, 4.69) is 82.5 Å². The molecule has 0 aliphatic carbocycles. The van der Waals surface area contributed by atoms with Crippen LogP contribution in [0.15, 0.2) is 168 Å². The van der Waals surface area contributed by atoms with Gasteiger partial charge >= 0.3 is 0 Å². The highest BCUT2D eigenvalue weighted by Crippen LogP contribution is 2.27. The van der Waals surface area contributed by atoms with Gasteiger partial charge in [0.15, 0.2) is 11.4 Å². The Balaban J connectivity index is 1.03. The minimum Gasteiger partial charge on any atom is -0.300 e. The molecule has 10 rings (SSSR count). The first kappa shape index (κ1) is 32.0. The zero-order valence-electron chi connectivity index (χ0n) is 29.3. The minimum atomic E-state index is -0.213. The summed E-state index contributed by atoms with van der Waals surface area (Å²) in [6.45, 7) is 0.703. The Morgan fingerprint density at radius 1 is 0.564 bits per heavy atom. The molecule has 262 valence electrons. The van der Waals surface area contributed by atoms with E-state index in [9.17, 15) is 9.59 Å². The maximum Gasteiger partial charge on any atom is 0.292 e. The third kappa shape index (κ3) is 5.71. The zero-order valence-corrected chi connectivity index (χ0v) is 29.3. The molecule has 10 aromatic rings. The molecule has 0 aliphatic rings. The lowest BCUT2D eigenvalue weighted by Crippen LogP contribution is -2.31. The molecule has 0 fully saturated rings. The molecule has 0 saturated carbocycles. The van der Waals surface area contributed by atoms with Crippen molar-refractivity contribution >= 4 is 38.6 Å². The van der Waals surface area contributed by atoms with Gasteiger partial charge in [0.1, 0.15) is 11.7 Å². The Kier molecular flexibility index (Phi) is 7.62. The molecular weight excluding hydrogens is 687 g/mol. The molecule has 7 heterocycles. The van der Waals surface area contributed by atoms with Crippen molar-refractivity contribution in [2.24, 2.45) is 0 Å². The Morgan fingerprint density at radius 3 is 2.20 bits per heavy atom. The molecule has 0 radical (unpaired) electrons. The highest BCUT2D eigenvalue weighted by molar-refractivity contribution is 5.84. The van der Waals surface area contributed by atoms with Gasteiger partial charge in [-0.15, -0.1) is 0 Å². The van der Waals surface area contributed by atoms with Crippen LogP contribution in [0, 0.1) is 0 Å². The Hall–Kier alpha value is -7.66. The number of nitrogens with zero attached hydrogens (tertiary/aromatic N) is 9. The zero-order chi connectivity index (χ0) is 36.9. The van der Waals surface area contributed by atoms with E-state index in [0.717, 1.165) is 55.7 Å². The van der Waals surface area contributed by atoms with Gasteiger partial charge in [-0.2, -0.15) is 8.97 Å². The molecule has 0 aliphatic heterocycles. The molecule has 11 nitrogen and oxygen atoms in total. The van der Waals surface area contributed by atoms with Crippen LogP contribution in [0.25, 0.3) is 66.7 Å². The summed E-state index contributed by atoms with van der Waals surface area (Å²) >= 11 is 0. The first-order valence-corrected chi connectivity index (χ1v) is 17.8. The van der Waals surface area contributed by atoms with Crippen molar-refractivity contribution in [3.8, 4) is 28.1 Å². The molecular formula is C44H30N9O2+. The molecule has 55 heavy (non-hydrogen) atoms. The molecule has 0 atom stereocenters. The van der Waals surface area contributed by atoms with Crippen LogP contribution in [0.1, 0.15) is 11.1 Å². The minimum absolute atomic E-state index is 0.193. The van der Waals surface area contributed by atoms with Crippen LogP contribution < -0.4 is 15.7 Å². The Bertz CT molecular complexity index is 3240. The van der Waals surface area contributed by atoms with Crippen molar-refractivity contribution in [1.29, 1.82) is 0 Å². The first-order valence-electron chi connectivity index (χ1n) is 17.8. The average molecular weight is 717 g/mol. The molecule has 7 aromatic heterocycles. The molecule has 11 heteroatoms. The SMILES string of the molecule is O=c1cnc2ccncc2n1Cc1cccc(-c2c[n+](-c3cncc4c3ncc(=O)n4Cc3cccc(-c4ccc5ncccc5c4)c3)c3ccccn23)c1. The van der Waals surface area contributed by atoms with E-state index in [0.29, 0.717) is 35.2 Å². The number of benzene rings is 3. The topological polar surface area (TPSA) is 117 Å². The highest BCUT2D eigenvalue weighted by Gasteiger charge is 2.23. The predicted molar refractivity (Wildman–Crippen MR) is 211 cm³/mol. The summed E-state index contributed by atoms with van der Waals surface area (Å²) in [4.78, 5) is 48.7. The number of hydrogen-bond acceptors (Lipinski definition) is 7. The predicted octanol–water partition coefficient (Wildman–Crippen LogP) is 6.40. The van der Waals surface area contributed by atoms with E-state index in [1.165, 1.54) is 12.4 Å². The fourth-order valence-corrected chi connectivity index (χ4v) is 7.37. The second kappa shape index (κ2) is 13.1. The van der Waals surface area contributed by atoms with Crippen molar-refractivity contribution in [2.75, 3.05) is 0 Å². The van der Waals surface area contributed by atoms with E-state index in [1.807, 2.05) is 60.8 Å². The van der Waals surface area contributed by atoms with Crippen molar-refractivity contribution in [3.63, 3.8) is 0 Å². The number of pyridine rings is 4. The van der Waals surface area contributed by atoms with E-state index < -0.39 is 0 Å². The van der Waals surface area contributed by atoms with Crippen LogP contribution in [0.5, 0.6) is 0 Å². The summed E-state index contributed by atoms with van der Waals surface area (Å²) in [5.74, 6) is 0. The summed E-state index contributed by atoms with van der Waals surface area (Å²) in [7, 11) is 0. The molecule has 0 unspecified atom stereocenters. The monoisotopic (exact) mass is 716 g/mol. The molecule has 0 N–H and O–H groups in total. The molecule has 0 saturated heterocycles. The maximum absolute atomic E-state index is 13.5. The van der Waals surface area contributed by atoms with Crippen molar-refractivity contribution < 1.29 is 4.57 Å². The summed E-state index contributed by atoms with van der Waals surface area (Å²) < 4.78 is 7.59. The number of hydrogen-bond donors (Lipinski definition) is 0. The van der Waals surface area contributed by atoms with Gasteiger partial charge in [-0.1, -0.05) is 54.6 Å². The summed E-state index contributed by atoms with van der Waals surface area (Å²) in [5, 5.41) is 1.07. The lowest BCUT2D eigenvalue weighted by Gasteiger charge is -2.12. The largest absolute Gasteiger partial charge is 0.300 e. The van der Waals surface area contributed by atoms with Crippen LogP contribution in [0.2, 0.25) is 0 Å². The number of fused-ring (bicyclic) bond motifs is 4. The Labute approximate surface area is 312 Å². The fourth-order valence-electron chi connectivity index (χ4n) is 7.37. The first-order chi connectivity index (χ1) is 27.1. The number of aromatic nitrogens is 9. The quantitative estimate of drug-likeness (QED) is 0.175. The van der Waals surface area contributed by atoms with Gasteiger partial charge in [0.05, 0.1) is 72.3 Å². The van der Waals surface area contributed by atoms with Crippen LogP contribution in [0.4, 0.5) is 0 Å². The van der Waals surface area contributed by atoms with Crippen LogP contribution in [-0.4, -0.2) is 38.5 Å².